The van der Waals surface area contributed by atoms with E-state index >= 15 is 0 Å². The molecule has 0 atom stereocenters. The van der Waals surface area contributed by atoms with Crippen LogP contribution in [0.15, 0.2) is 47.6 Å². The summed E-state index contributed by atoms with van der Waals surface area (Å²) in [6.45, 7) is 0.666. The number of aliphatic hydroxyl groups is 2. The fourth-order valence-electron chi connectivity index (χ4n) is 5.05. The van der Waals surface area contributed by atoms with Crippen molar-refractivity contribution in [2.45, 2.75) is 42.4 Å². The molecule has 1 aliphatic carbocycles. The molecule has 2 fully saturated rings. The molecule has 1 aliphatic heterocycles. The number of halogens is 3. The number of alkyl halides is 1. The molecule has 218 valence electrons. The molecule has 1 saturated carbocycles. The smallest absolute Gasteiger partial charge is 0.228 e. The number of hydrogen-bond donors (Lipinski definition) is 4. The van der Waals surface area contributed by atoms with Gasteiger partial charge in [-0.25, -0.2) is 13.8 Å². The van der Waals surface area contributed by atoms with E-state index in [1.54, 1.807) is 24.4 Å². The summed E-state index contributed by atoms with van der Waals surface area (Å²) >= 11 is 7.36. The van der Waals surface area contributed by atoms with Crippen molar-refractivity contribution in [1.82, 2.24) is 20.1 Å². The minimum absolute atomic E-state index is 0.0546. The van der Waals surface area contributed by atoms with Crippen LogP contribution < -0.4 is 10.6 Å². The summed E-state index contributed by atoms with van der Waals surface area (Å²) in [6.07, 6.45) is 3.57. The van der Waals surface area contributed by atoms with Gasteiger partial charge in [-0.3, -0.25) is 4.79 Å². The summed E-state index contributed by atoms with van der Waals surface area (Å²) in [5.41, 5.74) is 0.156. The molecule has 0 radical (unpaired) electrons. The summed E-state index contributed by atoms with van der Waals surface area (Å²) in [4.78, 5) is 19.4. The number of carbonyl (C=O) groups is 1. The van der Waals surface area contributed by atoms with Crippen molar-refractivity contribution in [3.63, 3.8) is 0 Å². The molecule has 4 N–H and O–H groups in total. The van der Waals surface area contributed by atoms with Crippen molar-refractivity contribution in [3.05, 3.63) is 53.4 Å². The Morgan fingerprint density at radius 2 is 1.93 bits per heavy atom. The van der Waals surface area contributed by atoms with Gasteiger partial charge in [0.15, 0.2) is 0 Å². The second-order valence-electron chi connectivity index (χ2n) is 10.4. The molecule has 0 bridgehead atoms. The van der Waals surface area contributed by atoms with Gasteiger partial charge in [-0.1, -0.05) is 11.6 Å². The Balaban J connectivity index is 1.24. The molecule has 3 heterocycles. The third kappa shape index (κ3) is 7.12. The average molecular weight is 605 g/mol. The van der Waals surface area contributed by atoms with Crippen molar-refractivity contribution >= 4 is 46.5 Å². The highest BCUT2D eigenvalue weighted by Gasteiger charge is 2.42. The predicted molar refractivity (Wildman–Crippen MR) is 155 cm³/mol. The molecule has 0 unspecified atom stereocenters. The lowest BCUT2D eigenvalue weighted by Gasteiger charge is -2.46. The van der Waals surface area contributed by atoms with Gasteiger partial charge < -0.3 is 25.7 Å². The van der Waals surface area contributed by atoms with Crippen LogP contribution >= 0.6 is 23.4 Å². The maximum Gasteiger partial charge on any atom is 0.228 e. The molecule has 2 aliphatic rings. The van der Waals surface area contributed by atoms with Gasteiger partial charge in [0.1, 0.15) is 22.3 Å². The topological polar surface area (TPSA) is 124 Å². The fourth-order valence-corrected chi connectivity index (χ4v) is 5.87. The van der Waals surface area contributed by atoms with Crippen LogP contribution in [0.2, 0.25) is 5.02 Å². The molecule has 9 nitrogen and oxygen atoms in total. The number of thioether (sulfide) groups is 1. The summed E-state index contributed by atoms with van der Waals surface area (Å²) in [5.74, 6) is -0.00403. The maximum absolute atomic E-state index is 14.5. The minimum Gasteiger partial charge on any atom is -0.396 e. The number of likely N-dealkylation sites (tertiary alicyclic amines) is 1. The summed E-state index contributed by atoms with van der Waals surface area (Å²) in [6, 6.07) is 9.51. The third-order valence-electron chi connectivity index (χ3n) is 7.56. The van der Waals surface area contributed by atoms with E-state index in [9.17, 15) is 23.8 Å². The van der Waals surface area contributed by atoms with Crippen molar-refractivity contribution in [1.29, 1.82) is 0 Å². The van der Waals surface area contributed by atoms with E-state index in [-0.39, 0.29) is 35.7 Å². The Hall–Kier alpha value is -2.90. The van der Waals surface area contributed by atoms with E-state index in [0.29, 0.717) is 71.8 Å². The van der Waals surface area contributed by atoms with E-state index in [1.807, 2.05) is 0 Å². The Bertz CT molecular complexity index is 1390. The van der Waals surface area contributed by atoms with E-state index in [2.05, 4.69) is 30.7 Å². The highest BCUT2D eigenvalue weighted by molar-refractivity contribution is 7.99. The van der Waals surface area contributed by atoms with Gasteiger partial charge in [0.25, 0.3) is 0 Å². The van der Waals surface area contributed by atoms with Crippen LogP contribution in [0.3, 0.4) is 0 Å². The lowest BCUT2D eigenvalue weighted by Crippen LogP contribution is -2.53. The summed E-state index contributed by atoms with van der Waals surface area (Å²) in [7, 11) is 0. The number of aliphatic hydroxyl groups excluding tert-OH is 2. The molecule has 2 aromatic heterocycles. The van der Waals surface area contributed by atoms with Crippen LogP contribution in [0.5, 0.6) is 0 Å². The normalized spacial score (nSPS) is 20.3. The van der Waals surface area contributed by atoms with Crippen LogP contribution in [0, 0.1) is 11.7 Å². The number of piperidine rings is 1. The van der Waals surface area contributed by atoms with Crippen molar-refractivity contribution < 1.29 is 23.8 Å². The Morgan fingerprint density at radius 1 is 1.15 bits per heavy atom. The molecule has 1 aromatic carbocycles. The number of amides is 1. The van der Waals surface area contributed by atoms with E-state index in [4.69, 9.17) is 11.6 Å². The molecule has 0 spiro atoms. The zero-order valence-electron chi connectivity index (χ0n) is 22.2. The van der Waals surface area contributed by atoms with Crippen LogP contribution in [0.1, 0.15) is 25.7 Å². The van der Waals surface area contributed by atoms with Crippen LogP contribution in [-0.4, -0.2) is 80.0 Å². The third-order valence-corrected chi connectivity index (χ3v) is 8.76. The van der Waals surface area contributed by atoms with Gasteiger partial charge in [0.2, 0.25) is 5.91 Å². The number of rotatable bonds is 10. The van der Waals surface area contributed by atoms with Gasteiger partial charge in [0.05, 0.1) is 24.6 Å². The molecule has 1 amide bonds. The molecule has 13 heteroatoms. The lowest BCUT2D eigenvalue weighted by atomic mass is 9.77. The Labute approximate surface area is 245 Å². The van der Waals surface area contributed by atoms with Gasteiger partial charge in [-0.05, 0) is 56.0 Å². The zero-order chi connectivity index (χ0) is 29.0. The van der Waals surface area contributed by atoms with E-state index < -0.39 is 18.1 Å². The first-order valence-corrected chi connectivity index (χ1v) is 14.8. The molecule has 41 heavy (non-hydrogen) atoms. The first-order valence-electron chi connectivity index (χ1n) is 13.4. The molecule has 5 rings (SSSR count). The van der Waals surface area contributed by atoms with Crippen molar-refractivity contribution in [2.75, 3.05) is 42.7 Å². The van der Waals surface area contributed by atoms with Crippen molar-refractivity contribution in [2.24, 2.45) is 5.92 Å². The van der Waals surface area contributed by atoms with Gasteiger partial charge in [-0.2, -0.15) is 0 Å². The number of hydrogen-bond acceptors (Lipinski definition) is 9. The highest BCUT2D eigenvalue weighted by atomic mass is 35.5. The molecule has 3 aromatic rings. The van der Waals surface area contributed by atoms with Gasteiger partial charge >= 0.3 is 0 Å². The lowest BCUT2D eigenvalue weighted by molar-refractivity contribution is -0.125. The molecule has 1 saturated heterocycles. The molecular weight excluding hydrogens is 574 g/mol. The molecular formula is C28H31ClF2N6O3S. The van der Waals surface area contributed by atoms with Crippen LogP contribution in [-0.2, 0) is 4.79 Å². The number of benzene rings is 1. The number of nitrogens with one attached hydrogen (secondary N) is 2. The van der Waals surface area contributed by atoms with Crippen LogP contribution in [0.4, 0.5) is 26.0 Å². The number of aromatic nitrogens is 3. The quantitative estimate of drug-likeness (QED) is 0.244. The number of nitrogens with zero attached hydrogens (tertiary/aromatic N) is 4. The first kappa shape index (κ1) is 29.6. The maximum atomic E-state index is 14.5. The fraction of sp³-hybridized carbons (Fsp3) is 0.429. The first-order chi connectivity index (χ1) is 19.8. The van der Waals surface area contributed by atoms with Gasteiger partial charge in [0, 0.05) is 59.3 Å². The van der Waals surface area contributed by atoms with E-state index in [0.717, 1.165) is 0 Å². The number of anilines is 3. The second-order valence-corrected chi connectivity index (χ2v) is 11.9. The second kappa shape index (κ2) is 13.0. The zero-order valence-corrected chi connectivity index (χ0v) is 23.8. The number of pyridine rings is 1. The SMILES string of the molecule is O=C(Nc1cc(Nc2cc(-c3cc(Cl)ccc3F)nnc2SCCO)ccn1)[C@H]1C[C@H](N2CCC(F)(CO)CC2)C1. The Morgan fingerprint density at radius 3 is 2.66 bits per heavy atom. The largest absolute Gasteiger partial charge is 0.396 e. The monoisotopic (exact) mass is 604 g/mol. The predicted octanol–water partition coefficient (Wildman–Crippen LogP) is 4.67. The van der Waals surface area contributed by atoms with Crippen LogP contribution in [0.25, 0.3) is 11.3 Å². The minimum atomic E-state index is -1.49. The Kier molecular flexibility index (Phi) is 9.35. The number of carbonyl (C=O) groups excluding carboxylic acids is 1. The average Bonchev–Trinajstić information content (AvgIpc) is 2.94. The standard InChI is InChI=1S/C28H31ClF2N6O3S/c29-18-1-2-22(30)21(13-18)23-15-24(27(36-35-23)41-10-9-38)33-19-3-6-32-25(14-19)34-26(40)17-11-20(12-17)37-7-4-28(31,16-39)5-8-37/h1-3,6,13-15,17,20,38-39H,4-5,7-12,16H2,(H2,32,33,34,35,40)/t17-,20-. The highest BCUT2D eigenvalue weighted by Crippen LogP contribution is 2.37. The van der Waals surface area contributed by atoms with Gasteiger partial charge in [-0.15, -0.1) is 22.0 Å². The summed E-state index contributed by atoms with van der Waals surface area (Å²) in [5, 5.41) is 33.9. The summed E-state index contributed by atoms with van der Waals surface area (Å²) < 4.78 is 28.8. The van der Waals surface area contributed by atoms with Crippen molar-refractivity contribution in [3.8, 4) is 11.3 Å². The van der Waals surface area contributed by atoms with E-state index in [1.165, 1.54) is 30.0 Å².